The van der Waals surface area contributed by atoms with Gasteiger partial charge in [0.25, 0.3) is 0 Å². The Labute approximate surface area is 186 Å². The van der Waals surface area contributed by atoms with Gasteiger partial charge >= 0.3 is 0 Å². The zero-order chi connectivity index (χ0) is 22.9. The van der Waals surface area contributed by atoms with E-state index in [2.05, 4.69) is 91.2 Å². The molecular formula is C27H47N3. The van der Waals surface area contributed by atoms with Crippen LogP contribution in [0.3, 0.4) is 0 Å². The summed E-state index contributed by atoms with van der Waals surface area (Å²) in [5.41, 5.74) is 14.4. The van der Waals surface area contributed by atoms with Crippen LogP contribution >= 0.6 is 0 Å². The van der Waals surface area contributed by atoms with Crippen LogP contribution in [-0.4, -0.2) is 17.0 Å². The molecule has 170 valence electrons. The van der Waals surface area contributed by atoms with Gasteiger partial charge in [-0.1, -0.05) is 85.3 Å². The highest BCUT2D eigenvalue weighted by atomic mass is 15.3. The second kappa shape index (κ2) is 8.85. The van der Waals surface area contributed by atoms with Gasteiger partial charge in [0, 0.05) is 23.7 Å². The summed E-state index contributed by atoms with van der Waals surface area (Å²) in [6.45, 7) is 23.0. The maximum absolute atomic E-state index is 6.59. The maximum Gasteiger partial charge on any atom is 0.115 e. The van der Waals surface area contributed by atoms with Crippen molar-refractivity contribution in [2.75, 3.05) is 0 Å². The number of hydrogen-bond donors (Lipinski definition) is 2. The minimum atomic E-state index is -0.0797. The van der Waals surface area contributed by atoms with Gasteiger partial charge < -0.3 is 16.4 Å². The first-order valence-electron chi connectivity index (χ1n) is 11.7. The smallest absolute Gasteiger partial charge is 0.115 e. The van der Waals surface area contributed by atoms with Gasteiger partial charge in [-0.05, 0) is 48.3 Å². The normalized spacial score (nSPS) is 30.9. The Hall–Kier alpha value is -1.64. The molecule has 3 nitrogen and oxygen atoms in total. The summed E-state index contributed by atoms with van der Waals surface area (Å²) in [5, 5.41) is 0. The third-order valence-corrected chi connectivity index (χ3v) is 7.81. The van der Waals surface area contributed by atoms with Gasteiger partial charge in [-0.25, -0.2) is 0 Å². The van der Waals surface area contributed by atoms with Crippen LogP contribution in [-0.2, 0) is 0 Å². The van der Waals surface area contributed by atoms with Crippen LogP contribution in [0.5, 0.6) is 0 Å². The van der Waals surface area contributed by atoms with Crippen LogP contribution in [0, 0.1) is 28.1 Å². The molecule has 2 rings (SSSR count). The largest absolute Gasteiger partial charge is 0.402 e. The van der Waals surface area contributed by atoms with Crippen LogP contribution < -0.4 is 11.5 Å². The fraction of sp³-hybridized carbons (Fsp3) is 0.704. The first kappa shape index (κ1) is 24.6. The molecular weight excluding hydrogens is 366 g/mol. The Morgan fingerprint density at radius 3 is 2.20 bits per heavy atom. The second-order valence-electron chi connectivity index (χ2n) is 11.9. The molecule has 0 spiro atoms. The molecule has 0 amide bonds. The summed E-state index contributed by atoms with van der Waals surface area (Å²) < 4.78 is 0. The molecule has 3 heteroatoms. The van der Waals surface area contributed by atoms with E-state index in [0.717, 1.165) is 19.3 Å². The summed E-state index contributed by atoms with van der Waals surface area (Å²) in [7, 11) is 0. The van der Waals surface area contributed by atoms with E-state index in [1.807, 2.05) is 0 Å². The quantitative estimate of drug-likeness (QED) is 0.516. The predicted octanol–water partition coefficient (Wildman–Crippen LogP) is 6.35. The molecule has 0 bridgehead atoms. The van der Waals surface area contributed by atoms with Crippen molar-refractivity contribution in [1.82, 2.24) is 4.90 Å². The highest BCUT2D eigenvalue weighted by molar-refractivity contribution is 5.26. The monoisotopic (exact) mass is 413 g/mol. The molecule has 0 fully saturated rings. The van der Waals surface area contributed by atoms with Gasteiger partial charge in [-0.15, -0.1) is 6.58 Å². The Bertz CT molecular complexity index is 699. The summed E-state index contributed by atoms with van der Waals surface area (Å²) in [4.78, 5) is 2.41. The van der Waals surface area contributed by atoms with Crippen LogP contribution in [0.2, 0.25) is 0 Å². The summed E-state index contributed by atoms with van der Waals surface area (Å²) in [5.74, 6) is 1.83. The fourth-order valence-electron chi connectivity index (χ4n) is 5.53. The molecule has 0 aliphatic heterocycles. The van der Waals surface area contributed by atoms with E-state index < -0.39 is 0 Å². The fourth-order valence-corrected chi connectivity index (χ4v) is 5.53. The molecule has 0 radical (unpaired) electrons. The molecule has 0 aromatic heterocycles. The van der Waals surface area contributed by atoms with Crippen LogP contribution in [0.15, 0.2) is 48.5 Å². The van der Waals surface area contributed by atoms with Crippen LogP contribution in [0.1, 0.15) is 81.1 Å². The number of hydrogen-bond acceptors (Lipinski definition) is 3. The molecule has 2 aliphatic rings. The van der Waals surface area contributed by atoms with Crippen molar-refractivity contribution in [3.8, 4) is 0 Å². The molecule has 0 heterocycles. The van der Waals surface area contributed by atoms with Crippen molar-refractivity contribution in [1.29, 1.82) is 0 Å². The molecule has 2 aliphatic carbocycles. The van der Waals surface area contributed by atoms with E-state index in [1.165, 1.54) is 12.0 Å². The van der Waals surface area contributed by atoms with E-state index in [9.17, 15) is 0 Å². The van der Waals surface area contributed by atoms with E-state index >= 15 is 0 Å². The van der Waals surface area contributed by atoms with E-state index in [-0.39, 0.29) is 28.3 Å². The van der Waals surface area contributed by atoms with Crippen molar-refractivity contribution in [2.24, 2.45) is 39.5 Å². The maximum atomic E-state index is 6.59. The number of nitrogens with zero attached hydrogens (tertiary/aromatic N) is 1. The topological polar surface area (TPSA) is 55.3 Å². The number of rotatable bonds is 5. The molecule has 0 saturated carbocycles. The van der Waals surface area contributed by atoms with E-state index in [1.54, 1.807) is 6.20 Å². The lowest BCUT2D eigenvalue weighted by molar-refractivity contribution is 0.00769. The molecule has 30 heavy (non-hydrogen) atoms. The highest BCUT2D eigenvalue weighted by Gasteiger charge is 2.51. The average Bonchev–Trinajstić information content (AvgIpc) is 2.66. The number of allylic oxidation sites excluding steroid dienone is 2. The highest BCUT2D eigenvalue weighted by Crippen LogP contribution is 2.54. The molecule has 0 saturated heterocycles. The van der Waals surface area contributed by atoms with Gasteiger partial charge in [-0.2, -0.15) is 0 Å². The van der Waals surface area contributed by atoms with Gasteiger partial charge in [0.1, 0.15) is 5.82 Å². The summed E-state index contributed by atoms with van der Waals surface area (Å²) in [6.07, 6.45) is 15.3. The Morgan fingerprint density at radius 2 is 1.80 bits per heavy atom. The average molecular weight is 414 g/mol. The zero-order valence-electron chi connectivity index (χ0n) is 20.8. The lowest BCUT2D eigenvalue weighted by atomic mass is 9.55. The summed E-state index contributed by atoms with van der Waals surface area (Å²) >= 11 is 0. The predicted molar refractivity (Wildman–Crippen MR) is 131 cm³/mol. The van der Waals surface area contributed by atoms with Crippen LogP contribution in [0.25, 0.3) is 0 Å². The first-order valence-corrected chi connectivity index (χ1v) is 11.7. The van der Waals surface area contributed by atoms with Gasteiger partial charge in [0.05, 0.1) is 0 Å². The Kier molecular flexibility index (Phi) is 7.26. The third kappa shape index (κ3) is 4.65. The molecule has 4 atom stereocenters. The van der Waals surface area contributed by atoms with Gasteiger partial charge in [0.15, 0.2) is 0 Å². The van der Waals surface area contributed by atoms with Gasteiger partial charge in [-0.3, -0.25) is 0 Å². The molecule has 3 unspecified atom stereocenters. The van der Waals surface area contributed by atoms with Crippen molar-refractivity contribution >= 4 is 0 Å². The molecule has 4 N–H and O–H groups in total. The minimum absolute atomic E-state index is 0.0489. The third-order valence-electron chi connectivity index (χ3n) is 7.81. The Morgan fingerprint density at radius 1 is 1.17 bits per heavy atom. The minimum Gasteiger partial charge on any atom is -0.402 e. The van der Waals surface area contributed by atoms with Crippen molar-refractivity contribution in [2.45, 2.75) is 93.2 Å². The number of nitrogens with two attached hydrogens (primary N) is 2. The molecule has 0 aromatic rings. The van der Waals surface area contributed by atoms with E-state index in [0.29, 0.717) is 17.7 Å². The second-order valence-corrected chi connectivity index (χ2v) is 11.9. The molecule has 0 aromatic carbocycles. The standard InChI is InChI=1S/C27H47N3/c1-10-27(26(7,8)9)17-20(19(2)3)11-16-23(27)30(24(29)18-28)22-14-12-21(13-15-22)25(4,5)6/h10-12,14,18-19,21-23H,1,13,15-17,28-29H2,2-9H3/b24-18-/t21?,22?,23-,27?/m0/s1. The Balaban J connectivity index is 2.53. The zero-order valence-corrected chi connectivity index (χ0v) is 20.8. The SMILES string of the molecule is C=CC1(C(C)(C)C)CC(C(C)C)=CC[C@@H]1N(/C(N)=C\N)C1C=CC(C(C)(C)C)CC1. The lowest BCUT2D eigenvalue weighted by Gasteiger charge is -2.56. The lowest BCUT2D eigenvalue weighted by Crippen LogP contribution is -2.58. The first-order chi connectivity index (χ1) is 13.8. The summed E-state index contributed by atoms with van der Waals surface area (Å²) in [6, 6.07) is 0.502. The van der Waals surface area contributed by atoms with Gasteiger partial charge in [0.2, 0.25) is 0 Å². The van der Waals surface area contributed by atoms with Crippen molar-refractivity contribution in [3.63, 3.8) is 0 Å². The van der Waals surface area contributed by atoms with Crippen molar-refractivity contribution in [3.05, 3.63) is 48.5 Å². The van der Waals surface area contributed by atoms with E-state index in [4.69, 9.17) is 11.5 Å². The van der Waals surface area contributed by atoms with Crippen molar-refractivity contribution < 1.29 is 0 Å². The van der Waals surface area contributed by atoms with Crippen LogP contribution in [0.4, 0.5) is 0 Å².